The maximum atomic E-state index is 12.3. The SMILES string of the molecule is C=CCn1c(SCC(=O)Nc2cc([N+](=O)[O-])ccc2C)nnc1C1CC1. The average molecular weight is 373 g/mol. The number of allylic oxidation sites excluding steroid dienone is 1. The Morgan fingerprint density at radius 3 is 2.92 bits per heavy atom. The maximum Gasteiger partial charge on any atom is 0.271 e. The monoisotopic (exact) mass is 373 g/mol. The van der Waals surface area contributed by atoms with Gasteiger partial charge in [0.25, 0.3) is 5.69 Å². The van der Waals surface area contributed by atoms with Crippen LogP contribution in [0.3, 0.4) is 0 Å². The zero-order valence-corrected chi connectivity index (χ0v) is 15.2. The van der Waals surface area contributed by atoms with Gasteiger partial charge >= 0.3 is 0 Å². The molecule has 1 aromatic heterocycles. The fourth-order valence-corrected chi connectivity index (χ4v) is 3.28. The van der Waals surface area contributed by atoms with E-state index in [4.69, 9.17) is 0 Å². The highest BCUT2D eigenvalue weighted by atomic mass is 32.2. The van der Waals surface area contributed by atoms with Crippen LogP contribution in [-0.4, -0.2) is 31.3 Å². The molecule has 2 aromatic rings. The number of anilines is 1. The minimum absolute atomic E-state index is 0.0571. The number of benzene rings is 1. The zero-order chi connectivity index (χ0) is 18.7. The summed E-state index contributed by atoms with van der Waals surface area (Å²) in [6.45, 7) is 6.15. The molecule has 0 unspecified atom stereocenters. The number of aromatic nitrogens is 3. The van der Waals surface area contributed by atoms with Crippen LogP contribution < -0.4 is 5.32 Å². The molecule has 1 aliphatic carbocycles. The van der Waals surface area contributed by atoms with Crippen molar-refractivity contribution < 1.29 is 9.72 Å². The Bertz CT molecular complexity index is 860. The first-order valence-electron chi connectivity index (χ1n) is 8.21. The van der Waals surface area contributed by atoms with Gasteiger partial charge in [0.15, 0.2) is 5.16 Å². The summed E-state index contributed by atoms with van der Waals surface area (Å²) in [7, 11) is 0. The van der Waals surface area contributed by atoms with Gasteiger partial charge in [0, 0.05) is 24.6 Å². The van der Waals surface area contributed by atoms with E-state index in [1.807, 2.05) is 4.57 Å². The molecule has 0 radical (unpaired) electrons. The van der Waals surface area contributed by atoms with Crippen LogP contribution >= 0.6 is 11.8 Å². The lowest BCUT2D eigenvalue weighted by Gasteiger charge is -2.09. The lowest BCUT2D eigenvalue weighted by Crippen LogP contribution is -2.15. The number of amides is 1. The second kappa shape index (κ2) is 7.69. The molecule has 0 saturated heterocycles. The lowest BCUT2D eigenvalue weighted by atomic mass is 10.2. The van der Waals surface area contributed by atoms with Gasteiger partial charge in [-0.05, 0) is 25.3 Å². The first-order chi connectivity index (χ1) is 12.5. The normalized spacial score (nSPS) is 13.4. The van der Waals surface area contributed by atoms with E-state index >= 15 is 0 Å². The quantitative estimate of drug-likeness (QED) is 0.330. The number of hydrogen-bond donors (Lipinski definition) is 1. The van der Waals surface area contributed by atoms with Gasteiger partial charge in [0.2, 0.25) is 5.91 Å². The maximum absolute atomic E-state index is 12.3. The van der Waals surface area contributed by atoms with Gasteiger partial charge in [-0.2, -0.15) is 0 Å². The first-order valence-corrected chi connectivity index (χ1v) is 9.20. The Morgan fingerprint density at radius 1 is 1.50 bits per heavy atom. The van der Waals surface area contributed by atoms with E-state index in [0.29, 0.717) is 23.3 Å². The van der Waals surface area contributed by atoms with Crippen LogP contribution in [-0.2, 0) is 11.3 Å². The first kappa shape index (κ1) is 18.1. The summed E-state index contributed by atoms with van der Waals surface area (Å²) in [5, 5.41) is 22.7. The number of carbonyl (C=O) groups is 1. The van der Waals surface area contributed by atoms with E-state index in [-0.39, 0.29) is 17.3 Å². The van der Waals surface area contributed by atoms with Crippen LogP contribution in [0.4, 0.5) is 11.4 Å². The molecular formula is C17H19N5O3S. The van der Waals surface area contributed by atoms with Crippen molar-refractivity contribution >= 4 is 29.0 Å². The topological polar surface area (TPSA) is 103 Å². The van der Waals surface area contributed by atoms with Gasteiger partial charge in [0.1, 0.15) is 5.82 Å². The van der Waals surface area contributed by atoms with Crippen molar-refractivity contribution in [1.29, 1.82) is 0 Å². The molecule has 9 heteroatoms. The molecule has 0 atom stereocenters. The minimum atomic E-state index is -0.485. The summed E-state index contributed by atoms with van der Waals surface area (Å²) in [5.41, 5.74) is 1.15. The minimum Gasteiger partial charge on any atom is -0.325 e. The Morgan fingerprint density at radius 2 is 2.27 bits per heavy atom. The summed E-state index contributed by atoms with van der Waals surface area (Å²) in [4.78, 5) is 22.7. The summed E-state index contributed by atoms with van der Waals surface area (Å²) in [6, 6.07) is 4.39. The summed E-state index contributed by atoms with van der Waals surface area (Å²) >= 11 is 1.29. The van der Waals surface area contributed by atoms with Gasteiger partial charge < -0.3 is 9.88 Å². The smallest absolute Gasteiger partial charge is 0.271 e. The third kappa shape index (κ3) is 4.10. The molecule has 1 aromatic carbocycles. The Kier molecular flexibility index (Phi) is 5.36. The molecule has 0 aliphatic heterocycles. The second-order valence-corrected chi connectivity index (χ2v) is 7.05. The average Bonchev–Trinajstić information content (AvgIpc) is 3.37. The van der Waals surface area contributed by atoms with Gasteiger partial charge in [0.05, 0.1) is 16.4 Å². The molecule has 1 N–H and O–H groups in total. The van der Waals surface area contributed by atoms with Crippen molar-refractivity contribution in [2.75, 3.05) is 11.1 Å². The number of thioether (sulfide) groups is 1. The van der Waals surface area contributed by atoms with Crippen molar-refractivity contribution in [2.45, 2.75) is 37.4 Å². The number of rotatable bonds is 8. The third-order valence-electron chi connectivity index (χ3n) is 4.04. The van der Waals surface area contributed by atoms with Crippen LogP contribution in [0.15, 0.2) is 36.0 Å². The Balaban J connectivity index is 1.65. The van der Waals surface area contributed by atoms with Crippen LogP contribution in [0.2, 0.25) is 0 Å². The number of nitro groups is 1. The second-order valence-electron chi connectivity index (χ2n) is 6.11. The molecule has 3 rings (SSSR count). The van der Waals surface area contributed by atoms with Gasteiger partial charge in [-0.1, -0.05) is 23.9 Å². The molecule has 136 valence electrons. The highest BCUT2D eigenvalue weighted by Crippen LogP contribution is 2.40. The largest absolute Gasteiger partial charge is 0.325 e. The Hall–Kier alpha value is -2.68. The molecule has 1 saturated carbocycles. The molecule has 1 fully saturated rings. The van der Waals surface area contributed by atoms with E-state index in [9.17, 15) is 14.9 Å². The molecule has 1 heterocycles. The van der Waals surface area contributed by atoms with Gasteiger partial charge in [-0.15, -0.1) is 16.8 Å². The highest BCUT2D eigenvalue weighted by molar-refractivity contribution is 7.99. The van der Waals surface area contributed by atoms with E-state index in [1.165, 1.54) is 23.9 Å². The van der Waals surface area contributed by atoms with Crippen molar-refractivity contribution in [2.24, 2.45) is 0 Å². The molecule has 0 spiro atoms. The molecule has 26 heavy (non-hydrogen) atoms. The fraction of sp³-hybridized carbons (Fsp3) is 0.353. The van der Waals surface area contributed by atoms with Crippen LogP contribution in [0.5, 0.6) is 0 Å². The van der Waals surface area contributed by atoms with Crippen LogP contribution in [0, 0.1) is 17.0 Å². The van der Waals surface area contributed by atoms with E-state index in [2.05, 4.69) is 22.1 Å². The molecule has 8 nitrogen and oxygen atoms in total. The number of hydrogen-bond acceptors (Lipinski definition) is 6. The van der Waals surface area contributed by atoms with Gasteiger partial charge in [-0.25, -0.2) is 0 Å². The number of aryl methyl sites for hydroxylation is 1. The van der Waals surface area contributed by atoms with E-state index in [0.717, 1.165) is 24.2 Å². The predicted octanol–water partition coefficient (Wildman–Crippen LogP) is 3.29. The number of carbonyl (C=O) groups excluding carboxylic acids is 1. The third-order valence-corrected chi connectivity index (χ3v) is 5.00. The highest BCUT2D eigenvalue weighted by Gasteiger charge is 2.30. The Labute approximate surface area is 154 Å². The standard InChI is InChI=1S/C17H19N5O3S/c1-3-8-21-16(12-5-6-12)19-20-17(21)26-10-15(23)18-14-9-13(22(24)25)7-4-11(14)2/h3-4,7,9,12H,1,5-6,8,10H2,2H3,(H,18,23). The van der Waals surface area contributed by atoms with Gasteiger partial charge in [-0.3, -0.25) is 14.9 Å². The van der Waals surface area contributed by atoms with E-state index < -0.39 is 4.92 Å². The molecule has 0 bridgehead atoms. The lowest BCUT2D eigenvalue weighted by molar-refractivity contribution is -0.384. The van der Waals surface area contributed by atoms with Crippen molar-refractivity contribution in [1.82, 2.24) is 14.8 Å². The zero-order valence-electron chi connectivity index (χ0n) is 14.3. The summed E-state index contributed by atoms with van der Waals surface area (Å²) < 4.78 is 1.99. The van der Waals surface area contributed by atoms with Crippen LogP contribution in [0.25, 0.3) is 0 Å². The number of nitrogens with zero attached hydrogens (tertiary/aromatic N) is 4. The van der Waals surface area contributed by atoms with Crippen molar-refractivity contribution in [3.8, 4) is 0 Å². The number of nitrogens with one attached hydrogen (secondary N) is 1. The predicted molar refractivity (Wildman–Crippen MR) is 99.4 cm³/mol. The van der Waals surface area contributed by atoms with E-state index in [1.54, 1.807) is 19.1 Å². The number of non-ortho nitro benzene ring substituents is 1. The fourth-order valence-electron chi connectivity index (χ4n) is 2.53. The molecule has 1 amide bonds. The summed E-state index contributed by atoms with van der Waals surface area (Å²) in [6.07, 6.45) is 4.02. The van der Waals surface area contributed by atoms with Crippen LogP contribution in [0.1, 0.15) is 30.1 Å². The summed E-state index contributed by atoms with van der Waals surface area (Å²) in [5.74, 6) is 1.29. The van der Waals surface area contributed by atoms with Crippen molar-refractivity contribution in [3.63, 3.8) is 0 Å². The molecule has 1 aliphatic rings. The number of nitro benzene ring substituents is 1. The molecular weight excluding hydrogens is 354 g/mol. The van der Waals surface area contributed by atoms with Crippen molar-refractivity contribution in [3.05, 3.63) is 52.4 Å².